The number of nitrogens with one attached hydrogen (secondary N) is 1. The van der Waals surface area contributed by atoms with E-state index < -0.39 is 0 Å². The molecule has 1 amide bonds. The van der Waals surface area contributed by atoms with Crippen LogP contribution in [0.2, 0.25) is 0 Å². The SMILES string of the molecule is CCOc1cc(O[C@H]2CN[C@H](C(N)=O)C2)c2ccc(OC)c(C)c2n1. The number of carbonyl (C=O) groups excluding carboxylic acids is 1. The summed E-state index contributed by atoms with van der Waals surface area (Å²) in [6.07, 6.45) is 0.401. The van der Waals surface area contributed by atoms with Crippen LogP contribution in [0.3, 0.4) is 0 Å². The van der Waals surface area contributed by atoms with E-state index in [1.54, 1.807) is 13.2 Å². The molecule has 3 rings (SSSR count). The van der Waals surface area contributed by atoms with Crippen LogP contribution < -0.4 is 25.3 Å². The van der Waals surface area contributed by atoms with Crippen molar-refractivity contribution in [1.29, 1.82) is 0 Å². The molecular formula is C18H23N3O4. The Labute approximate surface area is 146 Å². The van der Waals surface area contributed by atoms with Gasteiger partial charge in [-0.1, -0.05) is 0 Å². The van der Waals surface area contributed by atoms with Crippen molar-refractivity contribution in [3.8, 4) is 17.4 Å². The van der Waals surface area contributed by atoms with Crippen molar-refractivity contribution in [2.45, 2.75) is 32.4 Å². The lowest BCUT2D eigenvalue weighted by Gasteiger charge is -2.17. The van der Waals surface area contributed by atoms with Crippen molar-refractivity contribution in [3.63, 3.8) is 0 Å². The van der Waals surface area contributed by atoms with Crippen molar-refractivity contribution < 1.29 is 19.0 Å². The van der Waals surface area contributed by atoms with Crippen LogP contribution in [-0.4, -0.2) is 43.3 Å². The number of carbonyl (C=O) groups is 1. The summed E-state index contributed by atoms with van der Waals surface area (Å²) in [7, 11) is 1.63. The molecule has 1 fully saturated rings. The highest BCUT2D eigenvalue weighted by Crippen LogP contribution is 2.35. The van der Waals surface area contributed by atoms with Gasteiger partial charge in [0.2, 0.25) is 11.8 Å². The van der Waals surface area contributed by atoms with Crippen LogP contribution in [0.25, 0.3) is 10.9 Å². The molecule has 2 aromatic rings. The molecule has 1 saturated heterocycles. The molecule has 0 bridgehead atoms. The highest BCUT2D eigenvalue weighted by molar-refractivity contribution is 5.90. The molecule has 0 aliphatic carbocycles. The monoisotopic (exact) mass is 345 g/mol. The Bertz CT molecular complexity index is 793. The lowest BCUT2D eigenvalue weighted by molar-refractivity contribution is -0.119. The van der Waals surface area contributed by atoms with Crippen LogP contribution >= 0.6 is 0 Å². The number of methoxy groups -OCH3 is 1. The van der Waals surface area contributed by atoms with E-state index in [0.717, 1.165) is 22.2 Å². The van der Waals surface area contributed by atoms with Crippen LogP contribution in [0.5, 0.6) is 17.4 Å². The van der Waals surface area contributed by atoms with Gasteiger partial charge < -0.3 is 25.3 Å². The van der Waals surface area contributed by atoms with Gasteiger partial charge in [0, 0.05) is 30.0 Å². The highest BCUT2D eigenvalue weighted by atomic mass is 16.5. The van der Waals surface area contributed by atoms with Gasteiger partial charge in [0.1, 0.15) is 17.6 Å². The maximum absolute atomic E-state index is 11.3. The quantitative estimate of drug-likeness (QED) is 0.825. The molecule has 2 heterocycles. The Kier molecular flexibility index (Phi) is 4.94. The third-order valence-corrected chi connectivity index (χ3v) is 4.36. The van der Waals surface area contributed by atoms with E-state index in [4.69, 9.17) is 19.9 Å². The third kappa shape index (κ3) is 3.46. The maximum atomic E-state index is 11.3. The summed E-state index contributed by atoms with van der Waals surface area (Å²) >= 11 is 0. The molecule has 1 aromatic carbocycles. The van der Waals surface area contributed by atoms with E-state index in [0.29, 0.717) is 31.2 Å². The van der Waals surface area contributed by atoms with Crippen LogP contribution in [-0.2, 0) is 4.79 Å². The Balaban J connectivity index is 1.98. The minimum absolute atomic E-state index is 0.139. The molecule has 1 aliphatic rings. The molecular weight excluding hydrogens is 322 g/mol. The fourth-order valence-corrected chi connectivity index (χ4v) is 3.09. The van der Waals surface area contributed by atoms with Crippen LogP contribution in [0.1, 0.15) is 18.9 Å². The molecule has 0 radical (unpaired) electrons. The third-order valence-electron chi connectivity index (χ3n) is 4.36. The van der Waals surface area contributed by atoms with E-state index in [1.807, 2.05) is 26.0 Å². The van der Waals surface area contributed by atoms with E-state index in [2.05, 4.69) is 10.3 Å². The number of hydrogen-bond donors (Lipinski definition) is 2. The molecule has 3 N–H and O–H groups in total. The number of nitrogens with two attached hydrogens (primary N) is 1. The first-order valence-corrected chi connectivity index (χ1v) is 8.34. The molecule has 0 unspecified atom stereocenters. The van der Waals surface area contributed by atoms with Gasteiger partial charge in [-0.15, -0.1) is 0 Å². The minimum Gasteiger partial charge on any atom is -0.496 e. The van der Waals surface area contributed by atoms with Crippen molar-refractivity contribution in [2.24, 2.45) is 5.73 Å². The normalized spacial score (nSPS) is 19.8. The van der Waals surface area contributed by atoms with Crippen molar-refractivity contribution in [3.05, 3.63) is 23.8 Å². The zero-order valence-corrected chi connectivity index (χ0v) is 14.7. The molecule has 25 heavy (non-hydrogen) atoms. The molecule has 1 aliphatic heterocycles. The second kappa shape index (κ2) is 7.14. The number of amides is 1. The lowest BCUT2D eigenvalue weighted by Crippen LogP contribution is -2.36. The number of hydrogen-bond acceptors (Lipinski definition) is 6. The summed E-state index contributed by atoms with van der Waals surface area (Å²) in [6, 6.07) is 5.25. The average molecular weight is 345 g/mol. The number of rotatable bonds is 6. The maximum Gasteiger partial charge on any atom is 0.234 e. The van der Waals surface area contributed by atoms with Gasteiger partial charge >= 0.3 is 0 Å². The van der Waals surface area contributed by atoms with Gasteiger partial charge in [0.25, 0.3) is 0 Å². The second-order valence-electron chi connectivity index (χ2n) is 6.02. The van der Waals surface area contributed by atoms with Crippen LogP contribution in [0.4, 0.5) is 0 Å². The zero-order chi connectivity index (χ0) is 18.0. The standard InChI is InChI=1S/C18H23N3O4/c1-4-24-16-8-15(25-11-7-13(18(19)22)20-9-11)12-5-6-14(23-3)10(2)17(12)21-16/h5-6,8,11,13,20H,4,7,9H2,1-3H3,(H2,19,22)/t11-,13+/m1/s1. The van der Waals surface area contributed by atoms with E-state index in [-0.39, 0.29) is 18.1 Å². The lowest BCUT2D eigenvalue weighted by atomic mass is 10.1. The summed E-state index contributed by atoms with van der Waals surface area (Å²) in [5, 5.41) is 3.96. The first-order valence-electron chi connectivity index (χ1n) is 8.34. The van der Waals surface area contributed by atoms with Gasteiger partial charge in [-0.05, 0) is 26.0 Å². The number of benzene rings is 1. The van der Waals surface area contributed by atoms with Gasteiger partial charge in [-0.2, -0.15) is 0 Å². The summed E-state index contributed by atoms with van der Waals surface area (Å²) in [6.45, 7) is 4.93. The fraction of sp³-hybridized carbons (Fsp3) is 0.444. The largest absolute Gasteiger partial charge is 0.496 e. The summed E-state index contributed by atoms with van der Waals surface area (Å²) in [4.78, 5) is 15.9. The van der Waals surface area contributed by atoms with Crippen molar-refractivity contribution in [1.82, 2.24) is 10.3 Å². The Morgan fingerprint density at radius 3 is 2.84 bits per heavy atom. The van der Waals surface area contributed by atoms with E-state index in [1.165, 1.54) is 0 Å². The highest BCUT2D eigenvalue weighted by Gasteiger charge is 2.29. The molecule has 134 valence electrons. The van der Waals surface area contributed by atoms with Crippen LogP contribution in [0.15, 0.2) is 18.2 Å². The Morgan fingerprint density at radius 2 is 2.20 bits per heavy atom. The predicted octanol–water partition coefficient (Wildman–Crippen LogP) is 1.55. The molecule has 0 spiro atoms. The number of aromatic nitrogens is 1. The number of ether oxygens (including phenoxy) is 3. The Morgan fingerprint density at radius 1 is 1.40 bits per heavy atom. The van der Waals surface area contributed by atoms with Gasteiger partial charge in [0.05, 0.1) is 25.3 Å². The van der Waals surface area contributed by atoms with E-state index >= 15 is 0 Å². The molecule has 1 aromatic heterocycles. The zero-order valence-electron chi connectivity index (χ0n) is 14.7. The number of pyridine rings is 1. The summed E-state index contributed by atoms with van der Waals surface area (Å²) in [5.41, 5.74) is 7.06. The predicted molar refractivity (Wildman–Crippen MR) is 94.2 cm³/mol. The summed E-state index contributed by atoms with van der Waals surface area (Å²) in [5.74, 6) is 1.58. The average Bonchev–Trinajstić information content (AvgIpc) is 3.05. The fourth-order valence-electron chi connectivity index (χ4n) is 3.09. The second-order valence-corrected chi connectivity index (χ2v) is 6.02. The Hall–Kier alpha value is -2.54. The number of nitrogens with zero attached hydrogens (tertiary/aromatic N) is 1. The van der Waals surface area contributed by atoms with E-state index in [9.17, 15) is 4.79 Å². The summed E-state index contributed by atoms with van der Waals surface area (Å²) < 4.78 is 17.1. The van der Waals surface area contributed by atoms with Crippen molar-refractivity contribution in [2.75, 3.05) is 20.3 Å². The van der Waals surface area contributed by atoms with Crippen LogP contribution in [0, 0.1) is 6.92 Å². The molecule has 0 saturated carbocycles. The van der Waals surface area contributed by atoms with Crippen molar-refractivity contribution >= 4 is 16.8 Å². The number of fused-ring (bicyclic) bond motifs is 1. The van der Waals surface area contributed by atoms with Gasteiger partial charge in [-0.25, -0.2) is 4.98 Å². The smallest absolute Gasteiger partial charge is 0.234 e. The molecule has 7 nitrogen and oxygen atoms in total. The topological polar surface area (TPSA) is 95.7 Å². The first kappa shape index (κ1) is 17.3. The minimum atomic E-state index is -0.360. The molecule has 7 heteroatoms. The van der Waals surface area contributed by atoms with Gasteiger partial charge in [-0.3, -0.25) is 4.79 Å². The molecule has 2 atom stereocenters. The first-order chi connectivity index (χ1) is 12.0. The number of aryl methyl sites for hydroxylation is 1. The number of primary amides is 1. The van der Waals surface area contributed by atoms with Gasteiger partial charge in [0.15, 0.2) is 0 Å².